The van der Waals surface area contributed by atoms with Crippen LogP contribution in [0.15, 0.2) is 0 Å². The zero-order valence-corrected chi connectivity index (χ0v) is 19.9. The summed E-state index contributed by atoms with van der Waals surface area (Å²) in [7, 11) is 0. The maximum absolute atomic E-state index is 4.14. The highest BCUT2D eigenvalue weighted by Crippen LogP contribution is 2.39. The fourth-order valence-corrected chi connectivity index (χ4v) is 6.39. The van der Waals surface area contributed by atoms with Gasteiger partial charge in [0, 0.05) is 24.2 Å². The van der Waals surface area contributed by atoms with Crippen LogP contribution >= 0.6 is 0 Å². The Bertz CT molecular complexity index is 412. The Morgan fingerprint density at radius 3 is 1.07 bits per heavy atom. The van der Waals surface area contributed by atoms with Crippen LogP contribution in [0.3, 0.4) is 0 Å². The second kappa shape index (κ2) is 9.38. The summed E-state index contributed by atoms with van der Waals surface area (Å²) in [6, 6.07) is 2.96. The van der Waals surface area contributed by atoms with Gasteiger partial charge in [0.05, 0.1) is 0 Å². The van der Waals surface area contributed by atoms with E-state index in [9.17, 15) is 0 Å². The minimum absolute atomic E-state index is 0.492. The molecule has 2 unspecified atom stereocenters. The first-order chi connectivity index (χ1) is 13.1. The minimum Gasteiger partial charge on any atom is -0.310 e. The monoisotopic (exact) mass is 390 g/mol. The number of rotatable bonds is 4. The van der Waals surface area contributed by atoms with Gasteiger partial charge in [-0.1, -0.05) is 54.4 Å². The van der Waals surface area contributed by atoms with Crippen molar-refractivity contribution in [1.29, 1.82) is 0 Å². The van der Waals surface area contributed by atoms with Crippen LogP contribution in [0.25, 0.3) is 0 Å². The van der Waals surface area contributed by atoms with Crippen molar-refractivity contribution >= 4 is 0 Å². The summed E-state index contributed by atoms with van der Waals surface area (Å²) in [6.45, 7) is 14.6. The Kier molecular flexibility index (Phi) is 7.57. The first kappa shape index (κ1) is 22.6. The summed E-state index contributed by atoms with van der Waals surface area (Å²) >= 11 is 0. The zero-order chi connectivity index (χ0) is 20.4. The van der Waals surface area contributed by atoms with Crippen LogP contribution < -0.4 is 10.6 Å². The van der Waals surface area contributed by atoms with E-state index in [0.29, 0.717) is 22.9 Å². The predicted molar refractivity (Wildman–Crippen MR) is 123 cm³/mol. The van der Waals surface area contributed by atoms with E-state index in [1.54, 1.807) is 0 Å². The average Bonchev–Trinajstić information content (AvgIpc) is 2.63. The van der Waals surface area contributed by atoms with Crippen molar-refractivity contribution in [2.45, 2.75) is 143 Å². The molecule has 2 N–H and O–H groups in total. The van der Waals surface area contributed by atoms with Crippen LogP contribution in [-0.2, 0) is 0 Å². The molecule has 3 fully saturated rings. The smallest absolute Gasteiger partial charge is 0.0223 e. The largest absolute Gasteiger partial charge is 0.310 e. The molecule has 2 atom stereocenters. The highest BCUT2D eigenvalue weighted by molar-refractivity contribution is 4.93. The third kappa shape index (κ3) is 6.21. The van der Waals surface area contributed by atoms with E-state index in [-0.39, 0.29) is 0 Å². The van der Waals surface area contributed by atoms with Gasteiger partial charge in [0.25, 0.3) is 0 Å². The minimum atomic E-state index is 0.492. The second-order valence-corrected chi connectivity index (χ2v) is 12.7. The molecule has 28 heavy (non-hydrogen) atoms. The van der Waals surface area contributed by atoms with Crippen LogP contribution in [0.1, 0.15) is 119 Å². The molecule has 0 heterocycles. The zero-order valence-electron chi connectivity index (χ0n) is 19.9. The Labute approximate surface area is 176 Å². The molecule has 3 aliphatic rings. The van der Waals surface area contributed by atoms with Crippen molar-refractivity contribution in [3.05, 3.63) is 0 Å². The van der Waals surface area contributed by atoms with Gasteiger partial charge in [-0.2, -0.15) is 0 Å². The maximum Gasteiger partial charge on any atom is 0.0223 e. The van der Waals surface area contributed by atoms with Crippen molar-refractivity contribution in [3.63, 3.8) is 0 Å². The highest BCUT2D eigenvalue weighted by Gasteiger charge is 2.35. The van der Waals surface area contributed by atoms with E-state index in [1.807, 2.05) is 0 Å². The molecule has 164 valence electrons. The molecule has 3 aliphatic carbocycles. The van der Waals surface area contributed by atoms with E-state index in [4.69, 9.17) is 0 Å². The molecule has 0 aromatic carbocycles. The van der Waals surface area contributed by atoms with Gasteiger partial charge in [-0.3, -0.25) is 0 Å². The molecule has 0 aliphatic heterocycles. The molecule has 0 aromatic heterocycles. The lowest BCUT2D eigenvalue weighted by Gasteiger charge is -2.43. The van der Waals surface area contributed by atoms with Crippen LogP contribution in [0.4, 0.5) is 0 Å². The fraction of sp³-hybridized carbons (Fsp3) is 1.00. The van der Waals surface area contributed by atoms with Gasteiger partial charge in [0.2, 0.25) is 0 Å². The number of nitrogens with one attached hydrogen (secondary N) is 2. The van der Waals surface area contributed by atoms with Crippen molar-refractivity contribution in [2.75, 3.05) is 0 Å². The Hall–Kier alpha value is -0.0800. The molecule has 2 heteroatoms. The third-order valence-corrected chi connectivity index (χ3v) is 8.57. The molecule has 3 rings (SSSR count). The van der Waals surface area contributed by atoms with E-state index >= 15 is 0 Å². The van der Waals surface area contributed by atoms with Gasteiger partial charge in [0.1, 0.15) is 0 Å². The van der Waals surface area contributed by atoms with Gasteiger partial charge < -0.3 is 10.6 Å². The maximum atomic E-state index is 4.14. The predicted octanol–water partition coefficient (Wildman–Crippen LogP) is 6.69. The Morgan fingerprint density at radius 1 is 0.464 bits per heavy atom. The normalized spacial score (nSPS) is 38.4. The molecule has 0 radical (unpaired) electrons. The van der Waals surface area contributed by atoms with Crippen LogP contribution in [0.2, 0.25) is 0 Å². The van der Waals surface area contributed by atoms with Crippen LogP contribution in [-0.4, -0.2) is 24.2 Å². The number of hydrogen-bond acceptors (Lipinski definition) is 2. The Balaban J connectivity index is 1.46. The highest BCUT2D eigenvalue weighted by atomic mass is 15.1. The van der Waals surface area contributed by atoms with Gasteiger partial charge in [-0.25, -0.2) is 0 Å². The van der Waals surface area contributed by atoms with Crippen molar-refractivity contribution in [1.82, 2.24) is 10.6 Å². The molecular formula is C26H50N2. The summed E-state index contributed by atoms with van der Waals surface area (Å²) in [5, 5.41) is 8.28. The van der Waals surface area contributed by atoms with Crippen molar-refractivity contribution < 1.29 is 0 Å². The molecule has 0 spiro atoms. The Morgan fingerprint density at radius 2 is 0.786 bits per heavy atom. The standard InChI is InChI=1S/C26H50N2/c1-25(2,3)19-11-15-21(16-12-19)27-23-9-7-8-10-24(23)28-22-17-13-20(14-18-22)26(4,5)6/h19-24,27-28H,7-18H2,1-6H3. The van der Waals surface area contributed by atoms with Gasteiger partial charge >= 0.3 is 0 Å². The lowest BCUT2D eigenvalue weighted by atomic mass is 9.71. The summed E-state index contributed by atoms with van der Waals surface area (Å²) in [4.78, 5) is 0. The topological polar surface area (TPSA) is 24.1 Å². The molecule has 0 saturated heterocycles. The molecule has 2 nitrogen and oxygen atoms in total. The number of hydrogen-bond donors (Lipinski definition) is 2. The van der Waals surface area contributed by atoms with E-state index in [1.165, 1.54) is 77.0 Å². The lowest BCUT2D eigenvalue weighted by molar-refractivity contribution is 0.133. The van der Waals surface area contributed by atoms with E-state index < -0.39 is 0 Å². The van der Waals surface area contributed by atoms with E-state index in [0.717, 1.165) is 23.9 Å². The second-order valence-electron chi connectivity index (χ2n) is 12.7. The van der Waals surface area contributed by atoms with Gasteiger partial charge in [0.15, 0.2) is 0 Å². The van der Waals surface area contributed by atoms with Gasteiger partial charge in [-0.05, 0) is 86.9 Å². The van der Waals surface area contributed by atoms with E-state index in [2.05, 4.69) is 52.2 Å². The third-order valence-electron chi connectivity index (χ3n) is 8.57. The van der Waals surface area contributed by atoms with Crippen molar-refractivity contribution in [2.24, 2.45) is 22.7 Å². The SMILES string of the molecule is CC(C)(C)C1CCC(NC2CCCCC2NC2CCC(C(C)(C)C)CC2)CC1. The molecule has 0 amide bonds. The summed E-state index contributed by atoms with van der Waals surface area (Å²) in [5.41, 5.74) is 0.984. The molecule has 0 bridgehead atoms. The summed E-state index contributed by atoms with van der Waals surface area (Å²) < 4.78 is 0. The first-order valence-corrected chi connectivity index (χ1v) is 12.6. The fourth-order valence-electron chi connectivity index (χ4n) is 6.39. The average molecular weight is 391 g/mol. The molecular weight excluding hydrogens is 340 g/mol. The molecule has 3 saturated carbocycles. The quantitative estimate of drug-likeness (QED) is 0.559. The summed E-state index contributed by atoms with van der Waals surface area (Å²) in [6.07, 6.45) is 16.8. The first-order valence-electron chi connectivity index (χ1n) is 12.6. The van der Waals surface area contributed by atoms with Crippen LogP contribution in [0.5, 0.6) is 0 Å². The summed E-state index contributed by atoms with van der Waals surface area (Å²) in [5.74, 6) is 1.84. The van der Waals surface area contributed by atoms with Crippen molar-refractivity contribution in [3.8, 4) is 0 Å². The van der Waals surface area contributed by atoms with Gasteiger partial charge in [-0.15, -0.1) is 0 Å². The lowest BCUT2D eigenvalue weighted by Crippen LogP contribution is -2.56. The van der Waals surface area contributed by atoms with Crippen LogP contribution in [0, 0.1) is 22.7 Å². The molecule has 0 aromatic rings.